The predicted molar refractivity (Wildman–Crippen MR) is 79.5 cm³/mol. The summed E-state index contributed by atoms with van der Waals surface area (Å²) >= 11 is 1.54. The van der Waals surface area contributed by atoms with Gasteiger partial charge in [0, 0.05) is 24.1 Å². The van der Waals surface area contributed by atoms with E-state index in [2.05, 4.69) is 5.32 Å². The first kappa shape index (κ1) is 14.5. The second kappa shape index (κ2) is 5.64. The highest BCUT2D eigenvalue weighted by Crippen LogP contribution is 2.17. The van der Waals surface area contributed by atoms with Crippen molar-refractivity contribution in [2.24, 2.45) is 0 Å². The van der Waals surface area contributed by atoms with E-state index >= 15 is 0 Å². The molecule has 3 N–H and O–H groups in total. The Labute approximate surface area is 121 Å². The fourth-order valence-electron chi connectivity index (χ4n) is 1.64. The van der Waals surface area contributed by atoms with Crippen molar-refractivity contribution in [1.82, 2.24) is 5.32 Å². The van der Waals surface area contributed by atoms with Gasteiger partial charge in [-0.3, -0.25) is 4.79 Å². The van der Waals surface area contributed by atoms with Gasteiger partial charge in [0.2, 0.25) is 0 Å². The van der Waals surface area contributed by atoms with E-state index in [0.717, 1.165) is 11.8 Å². The molecule has 0 atom stereocenters. The van der Waals surface area contributed by atoms with Crippen LogP contribution in [-0.2, 0) is 16.4 Å². The Kier molecular flexibility index (Phi) is 4.10. The van der Waals surface area contributed by atoms with E-state index in [1.54, 1.807) is 11.3 Å². The SMILES string of the molecule is CS(=O)(=O)c1cc(N)cc(C(=O)NCc2ccsc2)c1. The number of benzene rings is 1. The zero-order chi connectivity index (χ0) is 14.8. The highest BCUT2D eigenvalue weighted by Gasteiger charge is 2.13. The van der Waals surface area contributed by atoms with Gasteiger partial charge in [-0.25, -0.2) is 8.42 Å². The Bertz CT molecular complexity index is 722. The largest absolute Gasteiger partial charge is 0.399 e. The minimum atomic E-state index is -3.40. The van der Waals surface area contributed by atoms with Gasteiger partial charge in [0.1, 0.15) is 0 Å². The predicted octanol–water partition coefficient (Wildman–Crippen LogP) is 1.66. The molecule has 1 aromatic carbocycles. The van der Waals surface area contributed by atoms with Crippen LogP contribution in [-0.4, -0.2) is 20.6 Å². The van der Waals surface area contributed by atoms with Crippen LogP contribution in [0.3, 0.4) is 0 Å². The fourth-order valence-corrected chi connectivity index (χ4v) is 3.00. The van der Waals surface area contributed by atoms with Crippen LogP contribution in [0, 0.1) is 0 Å². The van der Waals surface area contributed by atoms with Gasteiger partial charge in [0.15, 0.2) is 9.84 Å². The third-order valence-electron chi connectivity index (χ3n) is 2.65. The number of hydrogen-bond donors (Lipinski definition) is 2. The molecule has 0 aliphatic heterocycles. The second-order valence-electron chi connectivity index (χ2n) is 4.38. The third kappa shape index (κ3) is 3.58. The van der Waals surface area contributed by atoms with E-state index in [1.807, 2.05) is 16.8 Å². The van der Waals surface area contributed by atoms with E-state index < -0.39 is 9.84 Å². The molecule has 0 spiro atoms. The van der Waals surface area contributed by atoms with Crippen LogP contribution in [0.5, 0.6) is 0 Å². The van der Waals surface area contributed by atoms with Crippen LogP contribution in [0.1, 0.15) is 15.9 Å². The topological polar surface area (TPSA) is 89.3 Å². The number of anilines is 1. The molecule has 0 unspecified atom stereocenters. The van der Waals surface area contributed by atoms with Crippen LogP contribution in [0.4, 0.5) is 5.69 Å². The molecule has 2 rings (SSSR count). The first-order chi connectivity index (χ1) is 9.36. The lowest BCUT2D eigenvalue weighted by atomic mass is 10.2. The Balaban J connectivity index is 2.19. The first-order valence-corrected chi connectivity index (χ1v) is 8.59. The van der Waals surface area contributed by atoms with Crippen LogP contribution >= 0.6 is 11.3 Å². The van der Waals surface area contributed by atoms with Gasteiger partial charge in [-0.1, -0.05) is 0 Å². The van der Waals surface area contributed by atoms with Crippen LogP contribution in [0.15, 0.2) is 39.9 Å². The minimum Gasteiger partial charge on any atom is -0.399 e. The molecule has 20 heavy (non-hydrogen) atoms. The lowest BCUT2D eigenvalue weighted by Gasteiger charge is -2.07. The molecule has 0 aliphatic carbocycles. The molecule has 0 bridgehead atoms. The van der Waals surface area contributed by atoms with Crippen LogP contribution < -0.4 is 11.1 Å². The van der Waals surface area contributed by atoms with Crippen LogP contribution in [0.2, 0.25) is 0 Å². The lowest BCUT2D eigenvalue weighted by molar-refractivity contribution is 0.0951. The van der Waals surface area contributed by atoms with Gasteiger partial charge < -0.3 is 11.1 Å². The third-order valence-corrected chi connectivity index (χ3v) is 4.48. The Morgan fingerprint density at radius 1 is 1.35 bits per heavy atom. The molecule has 0 aliphatic rings. The van der Waals surface area contributed by atoms with Gasteiger partial charge in [0.05, 0.1) is 4.90 Å². The molecule has 1 aromatic heterocycles. The molecule has 106 valence electrons. The van der Waals surface area contributed by atoms with E-state index in [9.17, 15) is 13.2 Å². The summed E-state index contributed by atoms with van der Waals surface area (Å²) in [7, 11) is -3.40. The van der Waals surface area contributed by atoms with Crippen molar-refractivity contribution >= 4 is 32.8 Å². The number of nitrogen functional groups attached to an aromatic ring is 1. The second-order valence-corrected chi connectivity index (χ2v) is 7.17. The molecule has 0 radical (unpaired) electrons. The summed E-state index contributed by atoms with van der Waals surface area (Å²) in [6.45, 7) is 0.394. The maximum Gasteiger partial charge on any atom is 0.251 e. The molecule has 1 heterocycles. The number of rotatable bonds is 4. The normalized spacial score (nSPS) is 11.2. The van der Waals surface area contributed by atoms with Crippen molar-refractivity contribution in [3.05, 3.63) is 46.2 Å². The van der Waals surface area contributed by atoms with Crippen molar-refractivity contribution < 1.29 is 13.2 Å². The van der Waals surface area contributed by atoms with Crippen molar-refractivity contribution in [3.63, 3.8) is 0 Å². The van der Waals surface area contributed by atoms with E-state index in [1.165, 1.54) is 18.2 Å². The molecule has 7 heteroatoms. The standard InChI is InChI=1S/C13H14N2O3S2/c1-20(17,18)12-5-10(4-11(14)6-12)13(16)15-7-9-2-3-19-8-9/h2-6,8H,7,14H2,1H3,(H,15,16). The van der Waals surface area contributed by atoms with Crippen LogP contribution in [0.25, 0.3) is 0 Å². The van der Waals surface area contributed by atoms with Crippen molar-refractivity contribution in [3.8, 4) is 0 Å². The maximum absolute atomic E-state index is 12.0. The minimum absolute atomic E-state index is 0.0400. The number of carbonyl (C=O) groups excluding carboxylic acids is 1. The first-order valence-electron chi connectivity index (χ1n) is 5.76. The molecule has 1 amide bonds. The number of amides is 1. The summed E-state index contributed by atoms with van der Waals surface area (Å²) in [4.78, 5) is 12.1. The van der Waals surface area contributed by atoms with Gasteiger partial charge in [-0.05, 0) is 40.6 Å². The van der Waals surface area contributed by atoms with E-state index in [-0.39, 0.29) is 22.1 Å². The summed E-state index contributed by atoms with van der Waals surface area (Å²) in [6.07, 6.45) is 1.08. The summed E-state index contributed by atoms with van der Waals surface area (Å²) < 4.78 is 23.0. The molecular weight excluding hydrogens is 296 g/mol. The molecule has 0 fully saturated rings. The zero-order valence-corrected chi connectivity index (χ0v) is 12.4. The monoisotopic (exact) mass is 310 g/mol. The highest BCUT2D eigenvalue weighted by atomic mass is 32.2. The number of sulfone groups is 1. The highest BCUT2D eigenvalue weighted by molar-refractivity contribution is 7.90. The average molecular weight is 310 g/mol. The average Bonchev–Trinajstić information content (AvgIpc) is 2.87. The smallest absolute Gasteiger partial charge is 0.251 e. The quantitative estimate of drug-likeness (QED) is 0.841. The molecule has 5 nitrogen and oxygen atoms in total. The Morgan fingerprint density at radius 2 is 2.10 bits per heavy atom. The summed E-state index contributed by atoms with van der Waals surface area (Å²) in [5, 5.41) is 6.58. The van der Waals surface area contributed by atoms with Gasteiger partial charge >= 0.3 is 0 Å². The van der Waals surface area contributed by atoms with Crippen molar-refractivity contribution in [2.45, 2.75) is 11.4 Å². The molecule has 0 saturated carbocycles. The number of hydrogen-bond acceptors (Lipinski definition) is 5. The van der Waals surface area contributed by atoms with Gasteiger partial charge in [0.25, 0.3) is 5.91 Å². The van der Waals surface area contributed by atoms with E-state index in [4.69, 9.17) is 5.73 Å². The Morgan fingerprint density at radius 3 is 2.70 bits per heavy atom. The number of carbonyl (C=O) groups is 1. The molecular formula is C13H14N2O3S2. The van der Waals surface area contributed by atoms with E-state index in [0.29, 0.717) is 6.54 Å². The van der Waals surface area contributed by atoms with Crippen molar-refractivity contribution in [1.29, 1.82) is 0 Å². The number of thiophene rings is 1. The summed E-state index contributed by atoms with van der Waals surface area (Å²) in [5.41, 5.74) is 7.12. The summed E-state index contributed by atoms with van der Waals surface area (Å²) in [5.74, 6) is -0.353. The number of nitrogens with one attached hydrogen (secondary N) is 1. The summed E-state index contributed by atoms with van der Waals surface area (Å²) in [6, 6.07) is 6.03. The number of nitrogens with two attached hydrogens (primary N) is 1. The van der Waals surface area contributed by atoms with Crippen molar-refractivity contribution in [2.75, 3.05) is 12.0 Å². The van der Waals surface area contributed by atoms with Gasteiger partial charge in [-0.15, -0.1) is 0 Å². The fraction of sp³-hybridized carbons (Fsp3) is 0.154. The zero-order valence-electron chi connectivity index (χ0n) is 10.8. The lowest BCUT2D eigenvalue weighted by Crippen LogP contribution is -2.23. The Hall–Kier alpha value is -1.86. The van der Waals surface area contributed by atoms with Gasteiger partial charge in [-0.2, -0.15) is 11.3 Å². The maximum atomic E-state index is 12.0. The molecule has 2 aromatic rings. The molecule has 0 saturated heterocycles.